The van der Waals surface area contributed by atoms with E-state index in [1.54, 1.807) is 22.9 Å². The summed E-state index contributed by atoms with van der Waals surface area (Å²) in [6.07, 6.45) is 3.93. The summed E-state index contributed by atoms with van der Waals surface area (Å²) in [7, 11) is 0. The topological polar surface area (TPSA) is 116 Å². The second-order valence-corrected chi connectivity index (χ2v) is 8.17. The van der Waals surface area contributed by atoms with E-state index >= 15 is 4.39 Å². The van der Waals surface area contributed by atoms with Crippen molar-refractivity contribution in [3.05, 3.63) is 70.5 Å². The van der Waals surface area contributed by atoms with Gasteiger partial charge in [0.05, 0.1) is 6.04 Å². The zero-order chi connectivity index (χ0) is 22.8. The van der Waals surface area contributed by atoms with Crippen LogP contribution in [0.5, 0.6) is 0 Å². The van der Waals surface area contributed by atoms with Gasteiger partial charge in [-0.3, -0.25) is 9.59 Å². The van der Waals surface area contributed by atoms with Crippen LogP contribution in [0.3, 0.4) is 0 Å². The molecule has 1 aromatic heterocycles. The Morgan fingerprint density at radius 2 is 1.91 bits per heavy atom. The van der Waals surface area contributed by atoms with Crippen LogP contribution in [-0.2, 0) is 6.54 Å². The number of primary amides is 1. The molecule has 0 spiro atoms. The molecule has 1 heterocycles. The van der Waals surface area contributed by atoms with Crippen LogP contribution in [0, 0.1) is 12.7 Å². The van der Waals surface area contributed by atoms with Crippen LogP contribution in [0.1, 0.15) is 63.6 Å². The number of hydrogen-bond acceptors (Lipinski definition) is 4. The maximum Gasteiger partial charge on any atom is 0.254 e. The highest BCUT2D eigenvalue weighted by Crippen LogP contribution is 2.36. The van der Waals surface area contributed by atoms with Crippen molar-refractivity contribution in [3.63, 3.8) is 0 Å². The van der Waals surface area contributed by atoms with Crippen molar-refractivity contribution in [2.24, 2.45) is 5.73 Å². The molecule has 1 aliphatic carbocycles. The summed E-state index contributed by atoms with van der Waals surface area (Å²) in [6, 6.07) is 11.9. The SMILES string of the molecule is Cc1ccccc1C(=O)NCc1ccc(-c2nn(C3CCCC3)c(N)c2C(N)=O)c(F)c1. The van der Waals surface area contributed by atoms with Crippen LogP contribution in [0.25, 0.3) is 11.3 Å². The number of carbonyl (C=O) groups excluding carboxylic acids is 2. The molecule has 0 aliphatic heterocycles. The van der Waals surface area contributed by atoms with Gasteiger partial charge < -0.3 is 16.8 Å². The van der Waals surface area contributed by atoms with Crippen molar-refractivity contribution in [2.45, 2.75) is 45.2 Å². The Labute approximate surface area is 185 Å². The quantitative estimate of drug-likeness (QED) is 0.547. The molecule has 5 N–H and O–H groups in total. The lowest BCUT2D eigenvalue weighted by molar-refractivity contribution is 0.0949. The summed E-state index contributed by atoms with van der Waals surface area (Å²) in [6.45, 7) is 2.02. The molecule has 3 aromatic rings. The normalized spacial score (nSPS) is 13.9. The average Bonchev–Trinajstić information content (AvgIpc) is 3.40. The first-order chi connectivity index (χ1) is 15.4. The lowest BCUT2D eigenvalue weighted by atomic mass is 10.0. The Balaban J connectivity index is 1.58. The monoisotopic (exact) mass is 435 g/mol. The van der Waals surface area contributed by atoms with E-state index in [9.17, 15) is 9.59 Å². The maximum absolute atomic E-state index is 15.1. The van der Waals surface area contributed by atoms with E-state index in [1.807, 2.05) is 19.1 Å². The Morgan fingerprint density at radius 3 is 2.56 bits per heavy atom. The van der Waals surface area contributed by atoms with E-state index in [0.717, 1.165) is 31.2 Å². The molecule has 4 rings (SSSR count). The van der Waals surface area contributed by atoms with E-state index in [0.29, 0.717) is 11.1 Å². The first-order valence-electron chi connectivity index (χ1n) is 10.7. The summed E-state index contributed by atoms with van der Waals surface area (Å²) in [5.74, 6) is -1.36. The van der Waals surface area contributed by atoms with E-state index in [4.69, 9.17) is 11.5 Å². The summed E-state index contributed by atoms with van der Waals surface area (Å²) in [4.78, 5) is 24.5. The third-order valence-corrected chi connectivity index (χ3v) is 6.00. The van der Waals surface area contributed by atoms with Gasteiger partial charge in [0.15, 0.2) is 0 Å². The number of benzene rings is 2. The van der Waals surface area contributed by atoms with Gasteiger partial charge >= 0.3 is 0 Å². The van der Waals surface area contributed by atoms with Crippen molar-refractivity contribution in [3.8, 4) is 11.3 Å². The third-order valence-electron chi connectivity index (χ3n) is 6.00. The second-order valence-electron chi connectivity index (χ2n) is 8.17. The van der Waals surface area contributed by atoms with E-state index < -0.39 is 11.7 Å². The molecule has 1 saturated carbocycles. The zero-order valence-corrected chi connectivity index (χ0v) is 17.9. The first kappa shape index (κ1) is 21.5. The fourth-order valence-corrected chi connectivity index (χ4v) is 4.27. The van der Waals surface area contributed by atoms with Gasteiger partial charge in [-0.2, -0.15) is 5.10 Å². The number of hydrogen-bond donors (Lipinski definition) is 3. The van der Waals surface area contributed by atoms with Crippen molar-refractivity contribution >= 4 is 17.6 Å². The Kier molecular flexibility index (Phi) is 5.94. The fourth-order valence-electron chi connectivity index (χ4n) is 4.27. The fraction of sp³-hybridized carbons (Fsp3) is 0.292. The summed E-state index contributed by atoms with van der Waals surface area (Å²) in [5, 5.41) is 7.28. The molecule has 8 heteroatoms. The molecule has 7 nitrogen and oxygen atoms in total. The van der Waals surface area contributed by atoms with Gasteiger partial charge in [0, 0.05) is 17.7 Å². The molecule has 1 fully saturated rings. The van der Waals surface area contributed by atoms with Gasteiger partial charge in [0.2, 0.25) is 0 Å². The number of nitrogen functional groups attached to an aromatic ring is 1. The number of anilines is 1. The summed E-state index contributed by atoms with van der Waals surface area (Å²) in [5.41, 5.74) is 14.1. The molecule has 0 atom stereocenters. The maximum atomic E-state index is 15.1. The number of carbonyl (C=O) groups is 2. The lowest BCUT2D eigenvalue weighted by Crippen LogP contribution is -2.23. The smallest absolute Gasteiger partial charge is 0.254 e. The lowest BCUT2D eigenvalue weighted by Gasteiger charge is -2.11. The highest BCUT2D eigenvalue weighted by molar-refractivity contribution is 6.03. The molecule has 32 heavy (non-hydrogen) atoms. The highest BCUT2D eigenvalue weighted by Gasteiger charge is 2.28. The van der Waals surface area contributed by atoms with Gasteiger partial charge in [-0.1, -0.05) is 37.1 Å². The van der Waals surface area contributed by atoms with Crippen LogP contribution < -0.4 is 16.8 Å². The van der Waals surface area contributed by atoms with E-state index in [2.05, 4.69) is 10.4 Å². The van der Waals surface area contributed by atoms with E-state index in [-0.39, 0.29) is 41.1 Å². The minimum Gasteiger partial charge on any atom is -0.383 e. The van der Waals surface area contributed by atoms with Crippen molar-refractivity contribution < 1.29 is 14.0 Å². The highest BCUT2D eigenvalue weighted by atomic mass is 19.1. The third kappa shape index (κ3) is 4.08. The average molecular weight is 436 g/mol. The molecule has 0 saturated heterocycles. The number of halogens is 1. The number of rotatable bonds is 6. The van der Waals surface area contributed by atoms with Gasteiger partial charge in [-0.05, 0) is 49.1 Å². The van der Waals surface area contributed by atoms with Gasteiger partial charge in [0.1, 0.15) is 22.9 Å². The number of nitrogens with zero attached hydrogens (tertiary/aromatic N) is 2. The zero-order valence-electron chi connectivity index (χ0n) is 17.9. The van der Waals surface area contributed by atoms with Gasteiger partial charge in [0.25, 0.3) is 11.8 Å². The van der Waals surface area contributed by atoms with Crippen molar-refractivity contribution in [2.75, 3.05) is 5.73 Å². The predicted octanol–water partition coefficient (Wildman–Crippen LogP) is 3.72. The Morgan fingerprint density at radius 1 is 1.19 bits per heavy atom. The molecular weight excluding hydrogens is 409 g/mol. The number of amides is 2. The Hall–Kier alpha value is -3.68. The van der Waals surface area contributed by atoms with Crippen LogP contribution in [0.2, 0.25) is 0 Å². The van der Waals surface area contributed by atoms with E-state index in [1.165, 1.54) is 12.1 Å². The molecule has 0 unspecified atom stereocenters. The Bertz CT molecular complexity index is 1180. The molecule has 2 aromatic carbocycles. The largest absolute Gasteiger partial charge is 0.383 e. The number of aromatic nitrogens is 2. The summed E-state index contributed by atoms with van der Waals surface area (Å²) < 4.78 is 16.7. The van der Waals surface area contributed by atoms with Crippen LogP contribution in [0.15, 0.2) is 42.5 Å². The van der Waals surface area contributed by atoms with Crippen molar-refractivity contribution in [1.29, 1.82) is 0 Å². The second kappa shape index (κ2) is 8.82. The number of aryl methyl sites for hydroxylation is 1. The summed E-state index contributed by atoms with van der Waals surface area (Å²) >= 11 is 0. The predicted molar refractivity (Wildman–Crippen MR) is 120 cm³/mol. The molecule has 166 valence electrons. The number of nitrogens with two attached hydrogens (primary N) is 2. The van der Waals surface area contributed by atoms with Crippen LogP contribution in [0.4, 0.5) is 10.2 Å². The minimum absolute atomic E-state index is 0.0383. The first-order valence-corrected chi connectivity index (χ1v) is 10.7. The molecule has 1 aliphatic rings. The van der Waals surface area contributed by atoms with Crippen LogP contribution in [-0.4, -0.2) is 21.6 Å². The van der Waals surface area contributed by atoms with Gasteiger partial charge in [-0.15, -0.1) is 0 Å². The molecular formula is C24H26FN5O2. The van der Waals surface area contributed by atoms with Gasteiger partial charge in [-0.25, -0.2) is 9.07 Å². The standard InChI is InChI=1S/C24H26FN5O2/c1-14-6-2-5-9-17(14)24(32)28-13-15-10-11-18(19(25)12-15)21-20(23(27)31)22(26)30(29-21)16-7-3-4-8-16/h2,5-6,9-12,16H,3-4,7-8,13,26H2,1H3,(H2,27,31)(H,28,32). The number of nitrogens with one attached hydrogen (secondary N) is 1. The van der Waals surface area contributed by atoms with Crippen molar-refractivity contribution in [1.82, 2.24) is 15.1 Å². The van der Waals surface area contributed by atoms with Crippen LogP contribution >= 0.6 is 0 Å². The molecule has 2 amide bonds. The molecule has 0 bridgehead atoms. The minimum atomic E-state index is -0.740. The molecule has 0 radical (unpaired) electrons.